The smallest absolute Gasteiger partial charge is 0.262 e. The van der Waals surface area contributed by atoms with Crippen molar-refractivity contribution in [2.45, 2.75) is 42.7 Å². The third-order valence-electron chi connectivity index (χ3n) is 4.91. The van der Waals surface area contributed by atoms with Gasteiger partial charge in [-0.25, -0.2) is 13.4 Å². The fraction of sp³-hybridized carbons (Fsp3) is 0.529. The Hall–Kier alpha value is -1.81. The minimum atomic E-state index is -3.63. The summed E-state index contributed by atoms with van der Waals surface area (Å²) in [6, 6.07) is 5.47. The molecule has 1 aliphatic carbocycles. The number of aromatic nitrogens is 3. The Labute approximate surface area is 152 Å². The fourth-order valence-corrected chi connectivity index (χ4v) is 5.29. The molecule has 0 bridgehead atoms. The zero-order valence-corrected chi connectivity index (χ0v) is 15.4. The number of ether oxygens (including phenoxy) is 2. The van der Waals surface area contributed by atoms with Crippen LogP contribution in [-0.4, -0.2) is 58.7 Å². The highest BCUT2D eigenvalue weighted by Crippen LogP contribution is 2.35. The molecule has 140 valence electrons. The highest BCUT2D eigenvalue weighted by molar-refractivity contribution is 7.89. The van der Waals surface area contributed by atoms with Gasteiger partial charge in [0.1, 0.15) is 6.10 Å². The zero-order chi connectivity index (χ0) is 18.1. The van der Waals surface area contributed by atoms with E-state index in [0.717, 1.165) is 12.1 Å². The second kappa shape index (κ2) is 7.07. The maximum Gasteiger partial charge on any atom is 0.262 e. The Bertz CT molecular complexity index is 855. The number of rotatable bonds is 5. The van der Waals surface area contributed by atoms with Crippen molar-refractivity contribution in [1.82, 2.24) is 18.8 Å². The first-order valence-electron chi connectivity index (χ1n) is 8.68. The van der Waals surface area contributed by atoms with Crippen LogP contribution in [0.3, 0.4) is 0 Å². The summed E-state index contributed by atoms with van der Waals surface area (Å²) in [5, 5.41) is 0.0819. The van der Waals surface area contributed by atoms with Crippen molar-refractivity contribution in [1.29, 1.82) is 0 Å². The molecule has 4 rings (SSSR count). The molecule has 0 radical (unpaired) electrons. The first-order chi connectivity index (χ1) is 12.6. The molecule has 0 spiro atoms. The third-order valence-corrected chi connectivity index (χ3v) is 6.72. The standard InChI is InChI=1S/C17H22N4O4S/c1-20-10-16(19-12-20)26(22,23)21-8-9-24-17-14(21)5-6-15(17)25-11-13-4-2-3-7-18-13/h2-4,7,10,12,14-15,17H,5-6,8-9,11H2,1H3/t14-,15+,17+/m0/s1. The van der Waals surface area contributed by atoms with Crippen LogP contribution in [0.4, 0.5) is 0 Å². The van der Waals surface area contributed by atoms with Crippen LogP contribution in [0.25, 0.3) is 0 Å². The van der Waals surface area contributed by atoms with Crippen molar-refractivity contribution >= 4 is 10.0 Å². The lowest BCUT2D eigenvalue weighted by atomic mass is 10.1. The van der Waals surface area contributed by atoms with E-state index in [0.29, 0.717) is 26.2 Å². The molecule has 2 aliphatic rings. The van der Waals surface area contributed by atoms with Gasteiger partial charge >= 0.3 is 0 Å². The predicted octanol–water partition coefficient (Wildman–Crippen LogP) is 0.952. The van der Waals surface area contributed by atoms with Crippen LogP contribution in [0.5, 0.6) is 0 Å². The van der Waals surface area contributed by atoms with Gasteiger partial charge in [-0.15, -0.1) is 0 Å². The molecule has 2 aromatic heterocycles. The van der Waals surface area contributed by atoms with E-state index in [-0.39, 0.29) is 23.3 Å². The SMILES string of the molecule is Cn1cnc(S(=O)(=O)N2CCO[C@H]3[C@H](OCc4ccccn4)CC[C@@H]32)c1. The van der Waals surface area contributed by atoms with E-state index in [2.05, 4.69) is 9.97 Å². The summed E-state index contributed by atoms with van der Waals surface area (Å²) in [4.78, 5) is 8.28. The van der Waals surface area contributed by atoms with E-state index in [1.54, 1.807) is 17.8 Å². The van der Waals surface area contributed by atoms with Crippen LogP contribution >= 0.6 is 0 Å². The van der Waals surface area contributed by atoms with Crippen molar-refractivity contribution in [2.75, 3.05) is 13.2 Å². The van der Waals surface area contributed by atoms with Crippen molar-refractivity contribution in [3.8, 4) is 0 Å². The molecule has 0 aromatic carbocycles. The number of fused-ring (bicyclic) bond motifs is 1. The van der Waals surface area contributed by atoms with E-state index in [9.17, 15) is 8.42 Å². The fourth-order valence-electron chi connectivity index (χ4n) is 3.68. The minimum absolute atomic E-state index is 0.0819. The van der Waals surface area contributed by atoms with E-state index in [1.807, 2.05) is 18.2 Å². The van der Waals surface area contributed by atoms with Crippen LogP contribution in [-0.2, 0) is 33.2 Å². The molecule has 0 N–H and O–H groups in total. The maximum atomic E-state index is 13.0. The summed E-state index contributed by atoms with van der Waals surface area (Å²) >= 11 is 0. The molecule has 9 heteroatoms. The maximum absolute atomic E-state index is 13.0. The Kier molecular flexibility index (Phi) is 4.78. The van der Waals surface area contributed by atoms with Crippen molar-refractivity contribution in [3.05, 3.63) is 42.6 Å². The van der Waals surface area contributed by atoms with E-state index in [1.165, 1.54) is 16.8 Å². The Morgan fingerprint density at radius 1 is 1.31 bits per heavy atom. The molecule has 8 nitrogen and oxygen atoms in total. The number of hydrogen-bond donors (Lipinski definition) is 0. The normalized spacial score (nSPS) is 26.7. The second-order valence-corrected chi connectivity index (χ2v) is 8.48. The molecule has 0 amide bonds. The molecule has 26 heavy (non-hydrogen) atoms. The summed E-state index contributed by atoms with van der Waals surface area (Å²) in [5.74, 6) is 0. The van der Waals surface area contributed by atoms with Crippen LogP contribution < -0.4 is 0 Å². The summed E-state index contributed by atoms with van der Waals surface area (Å²) in [6.45, 7) is 1.09. The Morgan fingerprint density at radius 2 is 2.19 bits per heavy atom. The van der Waals surface area contributed by atoms with Gasteiger partial charge in [0.25, 0.3) is 10.0 Å². The number of imidazole rings is 1. The molecule has 2 fully saturated rings. The lowest BCUT2D eigenvalue weighted by molar-refractivity contribution is -0.101. The average molecular weight is 378 g/mol. The largest absolute Gasteiger partial charge is 0.372 e. The highest BCUT2D eigenvalue weighted by atomic mass is 32.2. The molecular formula is C17H22N4O4S. The van der Waals surface area contributed by atoms with E-state index >= 15 is 0 Å². The number of sulfonamides is 1. The second-order valence-electron chi connectivity index (χ2n) is 6.64. The van der Waals surface area contributed by atoms with Gasteiger partial charge in [-0.1, -0.05) is 6.07 Å². The molecule has 0 unspecified atom stereocenters. The van der Waals surface area contributed by atoms with Gasteiger partial charge in [0.2, 0.25) is 0 Å². The molecule has 1 saturated heterocycles. The van der Waals surface area contributed by atoms with E-state index < -0.39 is 10.0 Å². The molecule has 1 saturated carbocycles. The summed E-state index contributed by atoms with van der Waals surface area (Å²) in [7, 11) is -1.88. The van der Waals surface area contributed by atoms with E-state index in [4.69, 9.17) is 9.47 Å². The van der Waals surface area contributed by atoms with Gasteiger partial charge in [0.15, 0.2) is 5.03 Å². The zero-order valence-electron chi connectivity index (χ0n) is 14.6. The number of pyridine rings is 1. The van der Waals surface area contributed by atoms with Crippen LogP contribution in [0.2, 0.25) is 0 Å². The van der Waals surface area contributed by atoms with Gasteiger partial charge in [0.05, 0.1) is 37.4 Å². The molecule has 2 aromatic rings. The first-order valence-corrected chi connectivity index (χ1v) is 10.1. The number of hydrogen-bond acceptors (Lipinski definition) is 6. The van der Waals surface area contributed by atoms with Gasteiger partial charge < -0.3 is 14.0 Å². The van der Waals surface area contributed by atoms with Crippen LogP contribution in [0, 0.1) is 0 Å². The summed E-state index contributed by atoms with van der Waals surface area (Å²) < 4.78 is 41.0. The molecular weight excluding hydrogens is 356 g/mol. The highest BCUT2D eigenvalue weighted by Gasteiger charge is 2.48. The van der Waals surface area contributed by atoms with Crippen LogP contribution in [0.1, 0.15) is 18.5 Å². The number of aryl methyl sites for hydroxylation is 1. The van der Waals surface area contributed by atoms with Crippen LogP contribution in [0.15, 0.2) is 41.9 Å². The number of nitrogens with zero attached hydrogens (tertiary/aromatic N) is 4. The van der Waals surface area contributed by atoms with Crippen molar-refractivity contribution in [3.63, 3.8) is 0 Å². The third kappa shape index (κ3) is 3.27. The Morgan fingerprint density at radius 3 is 2.92 bits per heavy atom. The molecule has 3 heterocycles. The summed E-state index contributed by atoms with van der Waals surface area (Å²) in [6.07, 6.45) is 5.84. The minimum Gasteiger partial charge on any atom is -0.372 e. The lowest BCUT2D eigenvalue weighted by Gasteiger charge is -2.37. The lowest BCUT2D eigenvalue weighted by Crippen LogP contribution is -2.53. The summed E-state index contributed by atoms with van der Waals surface area (Å²) in [5.41, 5.74) is 0.852. The van der Waals surface area contributed by atoms with Gasteiger partial charge in [-0.05, 0) is 25.0 Å². The first kappa shape index (κ1) is 17.6. The average Bonchev–Trinajstić information content (AvgIpc) is 3.27. The molecule has 3 atom stereocenters. The van der Waals surface area contributed by atoms with Gasteiger partial charge in [0, 0.05) is 26.0 Å². The monoisotopic (exact) mass is 378 g/mol. The Balaban J connectivity index is 1.48. The van der Waals surface area contributed by atoms with Gasteiger partial charge in [-0.3, -0.25) is 4.98 Å². The molecule has 1 aliphatic heterocycles. The predicted molar refractivity (Wildman–Crippen MR) is 92.7 cm³/mol. The quantitative estimate of drug-likeness (QED) is 0.770. The topological polar surface area (TPSA) is 86.6 Å². The van der Waals surface area contributed by atoms with Gasteiger partial charge in [-0.2, -0.15) is 4.31 Å². The van der Waals surface area contributed by atoms with Crippen molar-refractivity contribution < 1.29 is 17.9 Å². The number of morpholine rings is 1. The van der Waals surface area contributed by atoms with Crippen molar-refractivity contribution in [2.24, 2.45) is 7.05 Å².